The molecule has 2 aliphatic rings. The van der Waals surface area contributed by atoms with E-state index in [1.165, 1.54) is 18.3 Å². The quantitative estimate of drug-likeness (QED) is 0.244. The van der Waals surface area contributed by atoms with Crippen LogP contribution in [0.25, 0.3) is 10.9 Å². The number of alkyl halides is 3. The van der Waals surface area contributed by atoms with Crippen molar-refractivity contribution in [1.29, 1.82) is 5.26 Å². The van der Waals surface area contributed by atoms with Crippen molar-refractivity contribution in [1.82, 2.24) is 21.0 Å². The van der Waals surface area contributed by atoms with Crippen molar-refractivity contribution in [3.05, 3.63) is 77.0 Å². The van der Waals surface area contributed by atoms with Crippen LogP contribution in [-0.2, 0) is 11.6 Å². The molecule has 0 saturated heterocycles. The second-order valence-corrected chi connectivity index (χ2v) is 11.7. The molecule has 1 aliphatic heterocycles. The Morgan fingerprint density at radius 3 is 2.45 bits per heavy atom. The third kappa shape index (κ3) is 5.52. The van der Waals surface area contributed by atoms with Gasteiger partial charge in [0.15, 0.2) is 0 Å². The van der Waals surface area contributed by atoms with Crippen LogP contribution in [0.2, 0.25) is 0 Å². The zero-order valence-electron chi connectivity index (χ0n) is 22.7. The SMILES string of the molecule is BC(Nc1cc(C(F)(F)F)c2ncc(C#N)c(NCC(C)(C)C)c2c1)(C1=CN(C2CC2)NN1)c1ccc(F)cc1. The lowest BCUT2D eigenvalue weighted by Gasteiger charge is -2.34. The Balaban J connectivity index is 1.67. The van der Waals surface area contributed by atoms with Crippen molar-refractivity contribution in [2.75, 3.05) is 17.2 Å². The minimum atomic E-state index is -4.71. The first-order chi connectivity index (χ1) is 18.8. The summed E-state index contributed by atoms with van der Waals surface area (Å²) < 4.78 is 57.0. The van der Waals surface area contributed by atoms with E-state index in [1.807, 2.05) is 39.8 Å². The summed E-state index contributed by atoms with van der Waals surface area (Å²) in [5.41, 5.74) is 5.66. The van der Waals surface area contributed by atoms with Gasteiger partial charge < -0.3 is 16.1 Å². The molecule has 1 aliphatic carbocycles. The molecule has 2 heterocycles. The number of pyridine rings is 1. The van der Waals surface area contributed by atoms with Gasteiger partial charge >= 0.3 is 6.18 Å². The Labute approximate surface area is 231 Å². The molecule has 1 fully saturated rings. The first-order valence-electron chi connectivity index (χ1n) is 13.0. The molecule has 1 saturated carbocycles. The van der Waals surface area contributed by atoms with Gasteiger partial charge in [0.05, 0.1) is 33.5 Å². The van der Waals surface area contributed by atoms with E-state index in [0.717, 1.165) is 18.9 Å². The van der Waals surface area contributed by atoms with Gasteiger partial charge in [0.2, 0.25) is 0 Å². The van der Waals surface area contributed by atoms with Gasteiger partial charge in [-0.2, -0.15) is 18.4 Å². The predicted octanol–water partition coefficient (Wildman–Crippen LogP) is 4.95. The monoisotopic (exact) mass is 551 g/mol. The van der Waals surface area contributed by atoms with E-state index in [-0.39, 0.29) is 27.6 Å². The molecule has 2 aromatic carbocycles. The second kappa shape index (κ2) is 9.89. The van der Waals surface area contributed by atoms with E-state index in [2.05, 4.69) is 32.6 Å². The van der Waals surface area contributed by atoms with E-state index in [1.54, 1.807) is 18.2 Å². The molecular formula is C28H30BF4N7. The molecule has 4 N–H and O–H groups in total. The summed E-state index contributed by atoms with van der Waals surface area (Å²) in [7, 11) is 1.82. The van der Waals surface area contributed by atoms with Crippen LogP contribution in [0, 0.1) is 22.6 Å². The van der Waals surface area contributed by atoms with Crippen molar-refractivity contribution in [2.24, 2.45) is 5.41 Å². The number of benzene rings is 2. The molecule has 1 unspecified atom stereocenters. The van der Waals surface area contributed by atoms with E-state index >= 15 is 0 Å². The Hall–Kier alpha value is -3.98. The number of fused-ring (bicyclic) bond motifs is 1. The van der Waals surface area contributed by atoms with Crippen molar-refractivity contribution in [3.8, 4) is 6.07 Å². The summed E-state index contributed by atoms with van der Waals surface area (Å²) in [4.78, 5) is 4.05. The van der Waals surface area contributed by atoms with Crippen molar-refractivity contribution < 1.29 is 17.6 Å². The van der Waals surface area contributed by atoms with Crippen molar-refractivity contribution in [3.63, 3.8) is 0 Å². The van der Waals surface area contributed by atoms with Gasteiger partial charge in [-0.15, -0.1) is 5.53 Å². The maximum Gasteiger partial charge on any atom is 0.418 e. The summed E-state index contributed by atoms with van der Waals surface area (Å²) in [5.74, 6) is -0.424. The van der Waals surface area contributed by atoms with Gasteiger partial charge in [0, 0.05) is 36.1 Å². The molecule has 1 aromatic heterocycles. The van der Waals surface area contributed by atoms with E-state index in [4.69, 9.17) is 0 Å². The van der Waals surface area contributed by atoms with Gasteiger partial charge in [-0.25, -0.2) is 4.39 Å². The number of nitrogens with one attached hydrogen (secondary N) is 4. The molecule has 12 heteroatoms. The van der Waals surface area contributed by atoms with Gasteiger partial charge in [0.1, 0.15) is 19.7 Å². The highest BCUT2D eigenvalue weighted by atomic mass is 19.4. The third-order valence-corrected chi connectivity index (χ3v) is 7.08. The summed E-state index contributed by atoms with van der Waals surface area (Å²) >= 11 is 0. The lowest BCUT2D eigenvalue weighted by molar-refractivity contribution is -0.136. The highest BCUT2D eigenvalue weighted by molar-refractivity contribution is 6.19. The molecule has 0 radical (unpaired) electrons. The second-order valence-electron chi connectivity index (χ2n) is 11.7. The highest BCUT2D eigenvalue weighted by Crippen LogP contribution is 2.41. The topological polar surface area (TPSA) is 88.0 Å². The molecular weight excluding hydrogens is 521 g/mol. The van der Waals surface area contributed by atoms with Gasteiger partial charge in [-0.3, -0.25) is 9.99 Å². The summed E-state index contributed by atoms with van der Waals surface area (Å²) in [6.45, 7) is 6.38. The zero-order valence-corrected chi connectivity index (χ0v) is 22.7. The van der Waals surface area contributed by atoms with Gasteiger partial charge in [0.25, 0.3) is 0 Å². The van der Waals surface area contributed by atoms with E-state index in [9.17, 15) is 22.8 Å². The Kier molecular flexibility index (Phi) is 6.82. The average Bonchev–Trinajstić information content (AvgIpc) is 3.61. The summed E-state index contributed by atoms with van der Waals surface area (Å²) in [6.07, 6.45) is 0.393. The van der Waals surface area contributed by atoms with Crippen LogP contribution in [-0.4, -0.2) is 30.4 Å². The lowest BCUT2D eigenvalue weighted by atomic mass is 9.69. The number of nitrogens with zero attached hydrogens (tertiary/aromatic N) is 3. The maximum atomic E-state index is 14.4. The number of hydrazine groups is 2. The van der Waals surface area contributed by atoms with Crippen LogP contribution in [0.15, 0.2) is 54.5 Å². The van der Waals surface area contributed by atoms with Crippen LogP contribution in [0.3, 0.4) is 0 Å². The van der Waals surface area contributed by atoms with Crippen LogP contribution in [0.5, 0.6) is 0 Å². The molecule has 7 nitrogen and oxygen atoms in total. The number of hydrogen-bond acceptors (Lipinski definition) is 7. The van der Waals surface area contributed by atoms with Crippen LogP contribution < -0.4 is 21.6 Å². The number of anilines is 2. The molecule has 0 amide bonds. The Bertz CT molecular complexity index is 1500. The van der Waals surface area contributed by atoms with Crippen molar-refractivity contribution in [2.45, 2.75) is 51.3 Å². The average molecular weight is 551 g/mol. The Morgan fingerprint density at radius 2 is 1.85 bits per heavy atom. The normalized spacial score (nSPS) is 17.1. The molecule has 0 bridgehead atoms. The molecule has 3 aromatic rings. The predicted molar refractivity (Wildman–Crippen MR) is 149 cm³/mol. The molecule has 40 heavy (non-hydrogen) atoms. The van der Waals surface area contributed by atoms with Crippen LogP contribution in [0.4, 0.5) is 28.9 Å². The summed E-state index contributed by atoms with van der Waals surface area (Å²) in [6, 6.07) is 10.8. The molecule has 5 rings (SSSR count). The maximum absolute atomic E-state index is 14.4. The summed E-state index contributed by atoms with van der Waals surface area (Å²) in [5, 5.41) is 18.3. The standard InChI is InChI=1S/C28H30BF4N7/c1-26(2,3)15-36-24-16(12-34)13-35-25-21(24)10-19(11-22(25)28(31,32)33)37-27(29,17-4-6-18(30)7-5-17)23-14-40(39-38-23)20-8-9-20/h4-7,10-11,13-14,20,37-39H,8-9,15,29H2,1-3H3,(H,35,36). The van der Waals surface area contributed by atoms with Gasteiger partial charge in [-0.05, 0) is 48.1 Å². The fourth-order valence-electron chi connectivity index (χ4n) is 4.72. The Morgan fingerprint density at radius 1 is 1.15 bits per heavy atom. The fourth-order valence-corrected chi connectivity index (χ4v) is 4.72. The van der Waals surface area contributed by atoms with E-state index < -0.39 is 23.0 Å². The number of nitriles is 1. The van der Waals surface area contributed by atoms with Crippen LogP contribution >= 0.6 is 0 Å². The smallest absolute Gasteiger partial charge is 0.383 e. The largest absolute Gasteiger partial charge is 0.418 e. The van der Waals surface area contributed by atoms with E-state index in [0.29, 0.717) is 29.5 Å². The first-order valence-corrected chi connectivity index (χ1v) is 13.0. The number of halogens is 4. The van der Waals surface area contributed by atoms with Gasteiger partial charge in [-0.1, -0.05) is 32.9 Å². The van der Waals surface area contributed by atoms with Crippen molar-refractivity contribution >= 4 is 30.1 Å². The minimum absolute atomic E-state index is 0.146. The number of rotatable bonds is 7. The van der Waals surface area contributed by atoms with Crippen LogP contribution in [0.1, 0.15) is 50.3 Å². The number of aromatic nitrogens is 1. The molecule has 0 spiro atoms. The fraction of sp³-hybridized carbons (Fsp3) is 0.357. The minimum Gasteiger partial charge on any atom is -0.383 e. The number of hydrogen-bond donors (Lipinski definition) is 4. The third-order valence-electron chi connectivity index (χ3n) is 7.08. The zero-order chi connectivity index (χ0) is 28.9. The molecule has 208 valence electrons. The first kappa shape index (κ1) is 27.6. The molecule has 1 atom stereocenters. The highest BCUT2D eigenvalue weighted by Gasteiger charge is 2.39. The lowest BCUT2D eigenvalue weighted by Crippen LogP contribution is -2.45.